The first kappa shape index (κ1) is 30.9. The number of benzene rings is 2. The summed E-state index contributed by atoms with van der Waals surface area (Å²) in [6.45, 7) is 3.53. The lowest BCUT2D eigenvalue weighted by Gasteiger charge is -2.33. The molecule has 12 nitrogen and oxygen atoms in total. The van der Waals surface area contributed by atoms with Gasteiger partial charge in [0.25, 0.3) is 10.0 Å². The number of aliphatic hydroxyl groups is 1. The topological polar surface area (TPSA) is 146 Å². The van der Waals surface area contributed by atoms with Crippen LogP contribution in [0.15, 0.2) is 60.0 Å². The average Bonchev–Trinajstić information content (AvgIpc) is 3.40. The monoisotopic (exact) mass is 602 g/mol. The highest BCUT2D eigenvalue weighted by atomic mass is 32.2. The molecule has 14 heteroatoms. The number of likely N-dealkylation sites (N-methyl/N-ethyl adjacent to an activating group) is 1. The Hall–Kier alpha value is -4.01. The van der Waals surface area contributed by atoms with Crippen molar-refractivity contribution in [2.75, 3.05) is 37.4 Å². The lowest BCUT2D eigenvalue weighted by atomic mass is 10.0. The molecule has 0 fully saturated rings. The predicted molar refractivity (Wildman–Crippen MR) is 154 cm³/mol. The molecular formula is C28H35FN6O6S. The number of fused-ring (bicyclic) bond motifs is 1. The van der Waals surface area contributed by atoms with Gasteiger partial charge in [-0.15, -0.1) is 0 Å². The Bertz CT molecular complexity index is 1530. The number of ether oxygens (including phenoxy) is 1. The molecule has 0 saturated heterocycles. The van der Waals surface area contributed by atoms with Crippen molar-refractivity contribution in [1.82, 2.24) is 18.8 Å². The molecule has 3 atom stereocenters. The number of anilines is 2. The second-order valence-corrected chi connectivity index (χ2v) is 12.5. The van der Waals surface area contributed by atoms with Gasteiger partial charge in [0.2, 0.25) is 5.91 Å². The number of imidazole rings is 1. The number of hydrogen-bond acceptors (Lipinski definition) is 7. The molecule has 4 rings (SSSR count). The molecule has 0 saturated carbocycles. The van der Waals surface area contributed by atoms with E-state index in [0.717, 1.165) is 0 Å². The molecule has 0 aliphatic carbocycles. The van der Waals surface area contributed by atoms with E-state index in [1.54, 1.807) is 41.6 Å². The van der Waals surface area contributed by atoms with Crippen LogP contribution in [0, 0.1) is 11.7 Å². The number of hydrogen-bond donors (Lipinski definition) is 3. The lowest BCUT2D eigenvalue weighted by molar-refractivity contribution is -0.134. The van der Waals surface area contributed by atoms with Gasteiger partial charge in [0.05, 0.1) is 31.9 Å². The molecule has 1 aromatic heterocycles. The second-order valence-electron chi connectivity index (χ2n) is 10.5. The standard InChI is InChI=1S/C28H35FN6O6S/c1-18-13-35(19(2)16-36)27(37)12-20-11-23(32-28(38)31-22-7-5-21(29)6-8-22)9-10-24(20)41-25(18)14-34(4)42(39,40)26-15-33(3)17-30-26/h5-11,15,17-19,25,36H,12-14,16H2,1-4H3,(H2,31,32,38)/t18-,19+,25-/m0/s1. The van der Waals surface area contributed by atoms with Crippen LogP contribution in [0.2, 0.25) is 0 Å². The first-order valence-electron chi connectivity index (χ1n) is 13.3. The van der Waals surface area contributed by atoms with E-state index in [1.165, 1.54) is 48.1 Å². The summed E-state index contributed by atoms with van der Waals surface area (Å²) in [5.74, 6) is -0.640. The summed E-state index contributed by atoms with van der Waals surface area (Å²) in [6, 6.07) is 9.08. The Morgan fingerprint density at radius 2 is 1.88 bits per heavy atom. The molecule has 1 aliphatic heterocycles. The van der Waals surface area contributed by atoms with E-state index in [0.29, 0.717) is 22.7 Å². The van der Waals surface area contributed by atoms with E-state index in [2.05, 4.69) is 15.6 Å². The van der Waals surface area contributed by atoms with Crippen molar-refractivity contribution >= 4 is 33.3 Å². The quantitative estimate of drug-likeness (QED) is 0.359. The number of rotatable bonds is 8. The summed E-state index contributed by atoms with van der Waals surface area (Å²) in [6.07, 6.45) is 2.07. The number of amides is 3. The van der Waals surface area contributed by atoms with Crippen LogP contribution in [0.5, 0.6) is 5.75 Å². The summed E-state index contributed by atoms with van der Waals surface area (Å²) < 4.78 is 48.7. The van der Waals surface area contributed by atoms with Crippen molar-refractivity contribution in [3.63, 3.8) is 0 Å². The summed E-state index contributed by atoms with van der Waals surface area (Å²) in [7, 11) is -0.796. The van der Waals surface area contributed by atoms with Crippen LogP contribution in [-0.4, -0.2) is 83.1 Å². The molecule has 2 aromatic carbocycles. The van der Waals surface area contributed by atoms with E-state index in [4.69, 9.17) is 4.74 Å². The molecule has 0 spiro atoms. The van der Waals surface area contributed by atoms with Crippen LogP contribution in [0.4, 0.5) is 20.6 Å². The molecule has 2 heterocycles. The van der Waals surface area contributed by atoms with Crippen LogP contribution < -0.4 is 15.4 Å². The molecular weight excluding hydrogens is 567 g/mol. The Morgan fingerprint density at radius 3 is 2.52 bits per heavy atom. The van der Waals surface area contributed by atoms with Crippen molar-refractivity contribution in [2.24, 2.45) is 13.0 Å². The molecule has 3 amide bonds. The molecule has 0 unspecified atom stereocenters. The van der Waals surface area contributed by atoms with Crippen LogP contribution in [0.3, 0.4) is 0 Å². The van der Waals surface area contributed by atoms with Gasteiger partial charge < -0.3 is 29.9 Å². The minimum absolute atomic E-state index is 0.0326. The number of sulfonamides is 1. The largest absolute Gasteiger partial charge is 0.488 e. The van der Waals surface area contributed by atoms with Crippen LogP contribution >= 0.6 is 0 Å². The highest BCUT2D eigenvalue weighted by molar-refractivity contribution is 7.89. The van der Waals surface area contributed by atoms with Crippen molar-refractivity contribution < 1.29 is 32.2 Å². The number of halogens is 1. The van der Waals surface area contributed by atoms with E-state index in [9.17, 15) is 27.5 Å². The molecule has 42 heavy (non-hydrogen) atoms. The third kappa shape index (κ3) is 7.24. The Kier molecular flexibility index (Phi) is 9.49. The van der Waals surface area contributed by atoms with Crippen LogP contribution in [0.25, 0.3) is 0 Å². The maximum atomic E-state index is 13.4. The zero-order valence-electron chi connectivity index (χ0n) is 23.8. The van der Waals surface area contributed by atoms with Crippen LogP contribution in [-0.2, 0) is 28.3 Å². The minimum atomic E-state index is -3.92. The summed E-state index contributed by atoms with van der Waals surface area (Å²) in [5, 5.41) is 15.1. The van der Waals surface area contributed by atoms with E-state index in [-0.39, 0.29) is 43.0 Å². The minimum Gasteiger partial charge on any atom is -0.488 e. The highest BCUT2D eigenvalue weighted by Crippen LogP contribution is 2.30. The highest BCUT2D eigenvalue weighted by Gasteiger charge is 2.34. The SMILES string of the molecule is C[C@H](CO)N1C[C@H](C)[C@H](CN(C)S(=O)(=O)c2cn(C)cn2)Oc2ccc(NC(=O)Nc3ccc(F)cc3)cc2CC1=O. The normalized spacial score (nSPS) is 18.4. The van der Waals surface area contributed by atoms with Crippen molar-refractivity contribution in [2.45, 2.75) is 37.4 Å². The number of nitrogens with zero attached hydrogens (tertiary/aromatic N) is 4. The Morgan fingerprint density at radius 1 is 1.21 bits per heavy atom. The first-order chi connectivity index (χ1) is 19.9. The fraction of sp³-hybridized carbons (Fsp3) is 0.393. The number of aliphatic hydroxyl groups excluding tert-OH is 1. The van der Waals surface area contributed by atoms with Gasteiger partial charge >= 0.3 is 6.03 Å². The molecule has 3 aromatic rings. The summed E-state index contributed by atoms with van der Waals surface area (Å²) in [4.78, 5) is 31.5. The number of nitrogens with one attached hydrogen (secondary N) is 2. The van der Waals surface area contributed by atoms with Gasteiger partial charge in [0.1, 0.15) is 17.7 Å². The van der Waals surface area contributed by atoms with Gasteiger partial charge in [-0.2, -0.15) is 4.31 Å². The summed E-state index contributed by atoms with van der Waals surface area (Å²) >= 11 is 0. The molecule has 0 bridgehead atoms. The fourth-order valence-corrected chi connectivity index (χ4v) is 5.73. The third-order valence-corrected chi connectivity index (χ3v) is 8.78. The number of aromatic nitrogens is 2. The lowest BCUT2D eigenvalue weighted by Crippen LogP contribution is -2.48. The fourth-order valence-electron chi connectivity index (χ4n) is 4.59. The molecule has 3 N–H and O–H groups in total. The average molecular weight is 603 g/mol. The molecule has 226 valence electrons. The van der Waals surface area contributed by atoms with Gasteiger partial charge in [0, 0.05) is 49.7 Å². The van der Waals surface area contributed by atoms with Crippen molar-refractivity contribution in [3.05, 3.63) is 66.4 Å². The second kappa shape index (κ2) is 12.9. The summed E-state index contributed by atoms with van der Waals surface area (Å²) in [5.41, 5.74) is 1.25. The smallest absolute Gasteiger partial charge is 0.323 e. The zero-order chi connectivity index (χ0) is 30.6. The van der Waals surface area contributed by atoms with Crippen LogP contribution in [0.1, 0.15) is 19.4 Å². The third-order valence-electron chi connectivity index (χ3n) is 7.07. The number of aryl methyl sites for hydroxylation is 1. The maximum absolute atomic E-state index is 13.4. The number of urea groups is 1. The number of carbonyl (C=O) groups excluding carboxylic acids is 2. The first-order valence-corrected chi connectivity index (χ1v) is 14.8. The Labute approximate surface area is 244 Å². The van der Waals surface area contributed by atoms with Gasteiger partial charge in [-0.25, -0.2) is 22.6 Å². The van der Waals surface area contributed by atoms with E-state index >= 15 is 0 Å². The molecule has 1 aliphatic rings. The zero-order valence-corrected chi connectivity index (χ0v) is 24.6. The van der Waals surface area contributed by atoms with Crippen molar-refractivity contribution in [3.8, 4) is 5.75 Å². The van der Waals surface area contributed by atoms with Gasteiger partial charge in [-0.05, 0) is 49.4 Å². The number of carbonyl (C=O) groups is 2. The van der Waals surface area contributed by atoms with E-state index < -0.39 is 34.0 Å². The van der Waals surface area contributed by atoms with Gasteiger partial charge in [-0.3, -0.25) is 4.79 Å². The molecule has 0 radical (unpaired) electrons. The van der Waals surface area contributed by atoms with Gasteiger partial charge in [-0.1, -0.05) is 6.92 Å². The van der Waals surface area contributed by atoms with E-state index in [1.807, 2.05) is 6.92 Å². The Balaban J connectivity index is 1.61. The maximum Gasteiger partial charge on any atom is 0.323 e. The predicted octanol–water partition coefficient (Wildman–Crippen LogP) is 2.67. The van der Waals surface area contributed by atoms with Crippen molar-refractivity contribution in [1.29, 1.82) is 0 Å². The van der Waals surface area contributed by atoms with Gasteiger partial charge in [0.15, 0.2) is 5.03 Å².